The first kappa shape index (κ1) is 14.2. The van der Waals surface area contributed by atoms with Crippen LogP contribution in [-0.4, -0.2) is 36.8 Å². The number of methoxy groups -OCH3 is 2. The highest BCUT2D eigenvalue weighted by Crippen LogP contribution is 2.51. The Morgan fingerprint density at radius 3 is 2.17 bits per heavy atom. The molecule has 1 aliphatic heterocycles. The number of rotatable bonds is 6. The lowest BCUT2D eigenvalue weighted by molar-refractivity contribution is -0.115. The summed E-state index contributed by atoms with van der Waals surface area (Å²) in [7, 11) is 3.26. The molecule has 3 nitrogen and oxygen atoms in total. The van der Waals surface area contributed by atoms with E-state index in [0.717, 1.165) is 0 Å². The summed E-state index contributed by atoms with van der Waals surface area (Å²) in [6.07, 6.45) is 0.467. The molecule has 5 heteroatoms. The van der Waals surface area contributed by atoms with Crippen molar-refractivity contribution in [2.24, 2.45) is 5.92 Å². The summed E-state index contributed by atoms with van der Waals surface area (Å²) in [5.74, 6) is 0.164. The largest absolute Gasteiger partial charge is 0.396 e. The van der Waals surface area contributed by atoms with Crippen molar-refractivity contribution in [2.45, 2.75) is 27.1 Å². The van der Waals surface area contributed by atoms with E-state index in [4.69, 9.17) is 9.47 Å². The van der Waals surface area contributed by atoms with Gasteiger partial charge in [-0.25, -0.2) is 0 Å². The van der Waals surface area contributed by atoms with Gasteiger partial charge in [-0.2, -0.15) is 0 Å². The molecule has 0 fully saturated rings. The van der Waals surface area contributed by atoms with Gasteiger partial charge in [0.1, 0.15) is 0 Å². The Kier molecular flexibility index (Phi) is 5.38. The van der Waals surface area contributed by atoms with E-state index in [1.807, 2.05) is 23.5 Å². The van der Waals surface area contributed by atoms with Crippen molar-refractivity contribution in [3.05, 3.63) is 24.3 Å². The maximum Gasteiger partial charge on any atom is 0.157 e. The van der Waals surface area contributed by atoms with Gasteiger partial charge in [0.15, 0.2) is 6.29 Å². The maximum atomic E-state index is 9.57. The topological polar surface area (TPSA) is 38.7 Å². The molecule has 0 unspecified atom stereocenters. The summed E-state index contributed by atoms with van der Waals surface area (Å²) in [6.45, 7) is 0.155. The Balaban J connectivity index is 1.99. The van der Waals surface area contributed by atoms with Gasteiger partial charge in [-0.15, -0.1) is 23.5 Å². The van der Waals surface area contributed by atoms with E-state index in [2.05, 4.69) is 24.3 Å². The smallest absolute Gasteiger partial charge is 0.157 e. The summed E-state index contributed by atoms with van der Waals surface area (Å²) in [6, 6.07) is 8.36. The normalized spacial score (nSPS) is 17.1. The molecule has 2 rings (SSSR count). The molecule has 0 radical (unpaired) electrons. The number of fused-ring (bicyclic) bond motifs is 1. The van der Waals surface area contributed by atoms with Crippen LogP contribution in [0.5, 0.6) is 0 Å². The van der Waals surface area contributed by atoms with Crippen LogP contribution >= 0.6 is 23.5 Å². The maximum absolute atomic E-state index is 9.57. The van der Waals surface area contributed by atoms with Crippen LogP contribution < -0.4 is 0 Å². The zero-order valence-electron chi connectivity index (χ0n) is 10.5. The molecule has 1 atom stereocenters. The molecule has 1 aromatic rings. The second kappa shape index (κ2) is 6.82. The summed E-state index contributed by atoms with van der Waals surface area (Å²) in [5.41, 5.74) is 0. The van der Waals surface area contributed by atoms with Crippen molar-refractivity contribution in [3.8, 4) is 0 Å². The van der Waals surface area contributed by atoms with Gasteiger partial charge in [0.25, 0.3) is 0 Å². The van der Waals surface area contributed by atoms with Crippen LogP contribution in [0.25, 0.3) is 0 Å². The van der Waals surface area contributed by atoms with Crippen LogP contribution in [0, 0.1) is 5.92 Å². The predicted molar refractivity (Wildman–Crippen MR) is 74.9 cm³/mol. The first-order chi connectivity index (χ1) is 8.78. The molecule has 0 saturated heterocycles. The quantitative estimate of drug-likeness (QED) is 0.814. The molecule has 0 amide bonds. The van der Waals surface area contributed by atoms with Gasteiger partial charge in [0, 0.05) is 43.0 Å². The van der Waals surface area contributed by atoms with Crippen molar-refractivity contribution < 1.29 is 14.6 Å². The standard InChI is InChI=1S/C13H18O3S2/c1-15-12(16-2)7-9(8-14)13-17-10-5-3-4-6-11(10)18-13/h3-6,9,12-14H,7-8H2,1-2H3/t9-/m0/s1. The van der Waals surface area contributed by atoms with Crippen molar-refractivity contribution in [1.29, 1.82) is 0 Å². The van der Waals surface area contributed by atoms with Crippen molar-refractivity contribution in [1.82, 2.24) is 0 Å². The minimum absolute atomic E-state index is 0.155. The second-order valence-corrected chi connectivity index (χ2v) is 6.80. The molecular formula is C13H18O3S2. The fraction of sp³-hybridized carbons (Fsp3) is 0.538. The number of ether oxygens (including phenoxy) is 2. The van der Waals surface area contributed by atoms with Crippen LogP contribution in [0.2, 0.25) is 0 Å². The number of aliphatic hydroxyl groups excluding tert-OH is 1. The van der Waals surface area contributed by atoms with Crippen molar-refractivity contribution >= 4 is 23.5 Å². The number of thioether (sulfide) groups is 2. The van der Waals surface area contributed by atoms with E-state index in [1.165, 1.54) is 9.79 Å². The molecule has 1 aromatic carbocycles. The summed E-state index contributed by atoms with van der Waals surface area (Å²) >= 11 is 3.65. The van der Waals surface area contributed by atoms with Gasteiger partial charge in [-0.05, 0) is 12.1 Å². The summed E-state index contributed by atoms with van der Waals surface area (Å²) in [4.78, 5) is 2.61. The predicted octanol–water partition coefficient (Wildman–Crippen LogP) is 2.83. The van der Waals surface area contributed by atoms with Crippen LogP contribution in [-0.2, 0) is 9.47 Å². The van der Waals surface area contributed by atoms with Gasteiger partial charge in [0.05, 0.1) is 4.58 Å². The van der Waals surface area contributed by atoms with Crippen molar-refractivity contribution in [3.63, 3.8) is 0 Å². The van der Waals surface area contributed by atoms with E-state index in [-0.39, 0.29) is 18.8 Å². The number of hydrogen-bond donors (Lipinski definition) is 1. The fourth-order valence-corrected chi connectivity index (χ4v) is 4.98. The Bertz CT molecular complexity index is 357. The molecule has 0 aromatic heterocycles. The van der Waals surface area contributed by atoms with Crippen LogP contribution in [0.4, 0.5) is 0 Å². The Morgan fingerprint density at radius 2 is 1.72 bits per heavy atom. The fourth-order valence-electron chi connectivity index (χ4n) is 1.92. The monoisotopic (exact) mass is 286 g/mol. The molecule has 1 N–H and O–H groups in total. The minimum Gasteiger partial charge on any atom is -0.396 e. The highest BCUT2D eigenvalue weighted by molar-refractivity contribution is 8.19. The highest BCUT2D eigenvalue weighted by Gasteiger charge is 2.31. The van der Waals surface area contributed by atoms with Gasteiger partial charge in [0.2, 0.25) is 0 Å². The molecule has 0 spiro atoms. The molecule has 0 saturated carbocycles. The minimum atomic E-state index is -0.243. The average Bonchev–Trinajstić information content (AvgIpc) is 2.84. The zero-order chi connectivity index (χ0) is 13.0. The van der Waals surface area contributed by atoms with Crippen molar-refractivity contribution in [2.75, 3.05) is 20.8 Å². The molecule has 100 valence electrons. The van der Waals surface area contributed by atoms with Crippen LogP contribution in [0.3, 0.4) is 0 Å². The first-order valence-corrected chi connectivity index (χ1v) is 7.63. The zero-order valence-corrected chi connectivity index (χ0v) is 12.2. The SMILES string of the molecule is COC(C[C@@H](CO)C1Sc2ccccc2S1)OC. The number of benzene rings is 1. The number of hydrogen-bond acceptors (Lipinski definition) is 5. The van der Waals surface area contributed by atoms with Gasteiger partial charge in [-0.1, -0.05) is 12.1 Å². The highest BCUT2D eigenvalue weighted by atomic mass is 32.2. The lowest BCUT2D eigenvalue weighted by Gasteiger charge is -2.23. The van der Waals surface area contributed by atoms with E-state index in [9.17, 15) is 5.11 Å². The molecule has 0 bridgehead atoms. The van der Waals surface area contributed by atoms with Gasteiger partial charge in [-0.3, -0.25) is 0 Å². The van der Waals surface area contributed by atoms with E-state index < -0.39 is 0 Å². The van der Waals surface area contributed by atoms with E-state index >= 15 is 0 Å². The third kappa shape index (κ3) is 3.22. The summed E-state index contributed by atoms with van der Waals surface area (Å²) in [5, 5.41) is 9.57. The lowest BCUT2D eigenvalue weighted by Crippen LogP contribution is -2.25. The molecule has 18 heavy (non-hydrogen) atoms. The molecule has 0 aliphatic carbocycles. The molecule has 1 heterocycles. The Labute approximate surface area is 116 Å². The summed E-state index contributed by atoms with van der Waals surface area (Å²) < 4.78 is 10.8. The van der Waals surface area contributed by atoms with Crippen LogP contribution in [0.1, 0.15) is 6.42 Å². The van der Waals surface area contributed by atoms with E-state index in [1.54, 1.807) is 14.2 Å². The van der Waals surface area contributed by atoms with Crippen LogP contribution in [0.15, 0.2) is 34.1 Å². The van der Waals surface area contributed by atoms with Gasteiger partial charge >= 0.3 is 0 Å². The third-order valence-electron chi connectivity index (χ3n) is 2.98. The Hall–Kier alpha value is -0.200. The average molecular weight is 286 g/mol. The molecular weight excluding hydrogens is 268 g/mol. The lowest BCUT2D eigenvalue weighted by atomic mass is 10.1. The van der Waals surface area contributed by atoms with Gasteiger partial charge < -0.3 is 14.6 Å². The number of aliphatic hydroxyl groups is 1. The third-order valence-corrected chi connectivity index (χ3v) is 6.14. The Morgan fingerprint density at radius 1 is 1.17 bits per heavy atom. The molecule has 1 aliphatic rings. The second-order valence-electron chi connectivity index (χ2n) is 4.13. The van der Waals surface area contributed by atoms with E-state index in [0.29, 0.717) is 11.0 Å². The first-order valence-electron chi connectivity index (χ1n) is 5.87.